The van der Waals surface area contributed by atoms with Crippen molar-refractivity contribution in [2.24, 2.45) is 0 Å². The minimum Gasteiger partial charge on any atom is -0.760 e. The van der Waals surface area contributed by atoms with E-state index < -0.39 is 22.5 Å². The van der Waals surface area contributed by atoms with Crippen molar-refractivity contribution in [2.45, 2.75) is 82.8 Å². The first-order valence-electron chi connectivity index (χ1n) is 10.7. The first-order valence-corrected chi connectivity index (χ1v) is 12.9. The molecule has 2 N–H and O–H groups in total. The van der Waals surface area contributed by atoms with Gasteiger partial charge in [-0.3, -0.25) is 9.00 Å². The van der Waals surface area contributed by atoms with Gasteiger partial charge in [-0.15, -0.1) is 11.8 Å². The van der Waals surface area contributed by atoms with Crippen molar-refractivity contribution in [3.8, 4) is 0 Å². The molecule has 3 atom stereocenters. The van der Waals surface area contributed by atoms with Crippen LogP contribution in [0.4, 0.5) is 0 Å². The third-order valence-corrected chi connectivity index (χ3v) is 6.80. The predicted molar refractivity (Wildman–Crippen MR) is 122 cm³/mol. The number of aliphatic carboxylic acids is 1. The van der Waals surface area contributed by atoms with E-state index in [1.807, 2.05) is 24.3 Å². The van der Waals surface area contributed by atoms with E-state index in [1.165, 1.54) is 56.7 Å². The van der Waals surface area contributed by atoms with Crippen LogP contribution in [0.5, 0.6) is 0 Å². The maximum atomic E-state index is 11.8. The van der Waals surface area contributed by atoms with Gasteiger partial charge in [0.2, 0.25) is 0 Å². The molecule has 0 aliphatic heterocycles. The largest absolute Gasteiger partial charge is 0.760 e. The Balaban J connectivity index is 2.56. The molecule has 0 spiro atoms. The summed E-state index contributed by atoms with van der Waals surface area (Å²) in [5, 5.41) is 9.03. The lowest BCUT2D eigenvalue weighted by atomic mass is 9.89. The van der Waals surface area contributed by atoms with Gasteiger partial charge in [-0.1, -0.05) is 89.5 Å². The highest BCUT2D eigenvalue weighted by atomic mass is 32.2. The lowest BCUT2D eigenvalue weighted by Gasteiger charge is -2.21. The minimum absolute atomic E-state index is 0.223. The Kier molecular flexibility index (Phi) is 14.3. The van der Waals surface area contributed by atoms with E-state index in [2.05, 4.69) is 18.6 Å². The molecule has 0 radical (unpaired) electrons. The Morgan fingerprint density at radius 3 is 2.28 bits per heavy atom. The Morgan fingerprint density at radius 1 is 1.10 bits per heavy atom. The molecule has 0 amide bonds. The smallest absolute Gasteiger partial charge is 0.321 e. The molecule has 0 aliphatic carbocycles. The number of hydrogen-bond donors (Lipinski definition) is 2. The van der Waals surface area contributed by atoms with E-state index in [9.17, 15) is 18.7 Å². The molecule has 1 aromatic rings. The molecule has 166 valence electrons. The fourth-order valence-electron chi connectivity index (χ4n) is 3.53. The maximum Gasteiger partial charge on any atom is 0.321 e. The number of thioether (sulfide) groups is 1. The molecule has 7 heteroatoms. The summed E-state index contributed by atoms with van der Waals surface area (Å²) in [4.78, 5) is 11.8. The summed E-state index contributed by atoms with van der Waals surface area (Å²) in [5.41, 5.74) is 1.93. The number of benzene rings is 1. The normalized spacial score (nSPS) is 14.4. The van der Waals surface area contributed by atoms with Crippen molar-refractivity contribution in [3.05, 3.63) is 35.4 Å². The SMILES string of the molecule is CCCCCCCCCCC(C)c1ccccc1C(SCCNS(=O)[O-])C(=O)O. The first-order chi connectivity index (χ1) is 14.0. The van der Waals surface area contributed by atoms with Gasteiger partial charge < -0.3 is 9.66 Å². The summed E-state index contributed by atoms with van der Waals surface area (Å²) >= 11 is -1.05. The molecule has 0 saturated heterocycles. The topological polar surface area (TPSA) is 89.5 Å². The van der Waals surface area contributed by atoms with Gasteiger partial charge in [-0.05, 0) is 23.5 Å². The van der Waals surface area contributed by atoms with Crippen LogP contribution in [0.25, 0.3) is 0 Å². The molecule has 0 saturated carbocycles. The monoisotopic (exact) mass is 442 g/mol. The third kappa shape index (κ3) is 11.2. The predicted octanol–water partition coefficient (Wildman–Crippen LogP) is 5.56. The van der Waals surface area contributed by atoms with Gasteiger partial charge in [0, 0.05) is 23.6 Å². The van der Waals surface area contributed by atoms with Crippen LogP contribution in [0.1, 0.15) is 93.9 Å². The lowest BCUT2D eigenvalue weighted by molar-refractivity contribution is -0.136. The first kappa shape index (κ1) is 26.1. The van der Waals surface area contributed by atoms with Crippen molar-refractivity contribution in [3.63, 3.8) is 0 Å². The van der Waals surface area contributed by atoms with Crippen LogP contribution in [-0.2, 0) is 16.1 Å². The quantitative estimate of drug-likeness (QED) is 0.243. The Hall–Kier alpha value is -0.890. The van der Waals surface area contributed by atoms with E-state index in [-0.39, 0.29) is 6.54 Å². The molecular weight excluding hydrogens is 406 g/mol. The average Bonchev–Trinajstić information content (AvgIpc) is 2.69. The second-order valence-electron chi connectivity index (χ2n) is 7.51. The molecule has 3 unspecified atom stereocenters. The van der Waals surface area contributed by atoms with Crippen molar-refractivity contribution >= 4 is 29.0 Å². The van der Waals surface area contributed by atoms with Crippen LogP contribution in [-0.4, -0.2) is 32.1 Å². The third-order valence-electron chi connectivity index (χ3n) is 5.13. The van der Waals surface area contributed by atoms with E-state index in [0.717, 1.165) is 24.0 Å². The van der Waals surface area contributed by atoms with Crippen LogP contribution in [0.3, 0.4) is 0 Å². The van der Waals surface area contributed by atoms with E-state index >= 15 is 0 Å². The van der Waals surface area contributed by atoms with Gasteiger partial charge in [0.1, 0.15) is 5.25 Å². The van der Waals surface area contributed by atoms with Crippen LogP contribution < -0.4 is 4.72 Å². The van der Waals surface area contributed by atoms with E-state index in [4.69, 9.17) is 0 Å². The number of carbonyl (C=O) groups is 1. The summed E-state index contributed by atoms with van der Waals surface area (Å²) < 4.78 is 23.4. The second-order valence-corrected chi connectivity index (χ2v) is 9.48. The Bertz CT molecular complexity index is 612. The number of carboxylic acids is 1. The molecule has 1 rings (SSSR count). The van der Waals surface area contributed by atoms with Gasteiger partial charge in [0.05, 0.1) is 0 Å². The molecule has 0 bridgehead atoms. The van der Waals surface area contributed by atoms with E-state index in [0.29, 0.717) is 11.7 Å². The molecular formula is C22H36NO4S2-. The number of rotatable bonds is 17. The summed E-state index contributed by atoms with van der Waals surface area (Å²) in [6.07, 6.45) is 11.3. The Morgan fingerprint density at radius 2 is 1.69 bits per heavy atom. The summed E-state index contributed by atoms with van der Waals surface area (Å²) in [5.74, 6) is -0.169. The molecule has 1 aromatic carbocycles. The van der Waals surface area contributed by atoms with Gasteiger partial charge in [-0.2, -0.15) is 0 Å². The molecule has 29 heavy (non-hydrogen) atoms. The van der Waals surface area contributed by atoms with Gasteiger partial charge in [-0.25, -0.2) is 4.72 Å². The maximum absolute atomic E-state index is 11.8. The zero-order chi connectivity index (χ0) is 21.5. The van der Waals surface area contributed by atoms with Crippen molar-refractivity contribution in [1.29, 1.82) is 0 Å². The van der Waals surface area contributed by atoms with Crippen LogP contribution in [0.2, 0.25) is 0 Å². The van der Waals surface area contributed by atoms with Crippen molar-refractivity contribution in [1.82, 2.24) is 4.72 Å². The molecule has 0 fully saturated rings. The van der Waals surface area contributed by atoms with Crippen molar-refractivity contribution < 1.29 is 18.7 Å². The van der Waals surface area contributed by atoms with E-state index in [1.54, 1.807) is 0 Å². The zero-order valence-corrected chi connectivity index (χ0v) is 19.4. The summed E-state index contributed by atoms with van der Waals surface area (Å²) in [6, 6.07) is 7.77. The highest BCUT2D eigenvalue weighted by Crippen LogP contribution is 2.36. The fourth-order valence-corrected chi connectivity index (χ4v) is 4.92. The molecule has 5 nitrogen and oxygen atoms in total. The molecule has 0 aromatic heterocycles. The van der Waals surface area contributed by atoms with Gasteiger partial charge in [0.15, 0.2) is 0 Å². The fraction of sp³-hybridized carbons (Fsp3) is 0.682. The number of carboxylic acid groups (broad SMARTS) is 1. The summed E-state index contributed by atoms with van der Waals surface area (Å²) in [6.45, 7) is 4.63. The number of hydrogen-bond acceptors (Lipinski definition) is 4. The van der Waals surface area contributed by atoms with Crippen LogP contribution >= 0.6 is 11.8 Å². The Labute approximate surface area is 182 Å². The van der Waals surface area contributed by atoms with Crippen LogP contribution in [0.15, 0.2) is 24.3 Å². The van der Waals surface area contributed by atoms with Crippen LogP contribution in [0, 0.1) is 0 Å². The number of nitrogens with one attached hydrogen (secondary N) is 1. The highest BCUT2D eigenvalue weighted by molar-refractivity contribution is 8.00. The standard InChI is InChI=1S/C22H37NO4S2/c1-3-4-5-6-7-8-9-10-13-18(2)19-14-11-12-15-20(19)21(22(24)25)28-17-16-23-29(26)27/h11-12,14-15,18,21,23H,3-10,13,16-17H2,1-2H3,(H,24,25)(H,26,27)/p-1. The highest BCUT2D eigenvalue weighted by Gasteiger charge is 2.24. The van der Waals surface area contributed by atoms with Crippen molar-refractivity contribution in [2.75, 3.05) is 12.3 Å². The zero-order valence-electron chi connectivity index (χ0n) is 17.7. The average molecular weight is 443 g/mol. The van der Waals surface area contributed by atoms with Gasteiger partial charge in [0.25, 0.3) is 0 Å². The molecule has 0 aliphatic rings. The molecule has 0 heterocycles. The minimum atomic E-state index is -2.32. The second kappa shape index (κ2) is 15.9. The van der Waals surface area contributed by atoms with Gasteiger partial charge >= 0.3 is 5.97 Å². The lowest BCUT2D eigenvalue weighted by Crippen LogP contribution is -2.21. The summed E-state index contributed by atoms with van der Waals surface area (Å²) in [7, 11) is 0. The number of unbranched alkanes of at least 4 members (excludes halogenated alkanes) is 7.